The number of benzene rings is 1. The third-order valence-corrected chi connectivity index (χ3v) is 3.50. The minimum absolute atomic E-state index is 0.0358. The number of aliphatic hydroxyl groups excluding tert-OH is 1. The molecule has 1 fully saturated rings. The Balaban J connectivity index is 2.13. The highest BCUT2D eigenvalue weighted by Gasteiger charge is 2.16. The largest absolute Gasteiger partial charge is 0.395 e. The van der Waals surface area contributed by atoms with Crippen molar-refractivity contribution in [2.75, 3.05) is 19.7 Å². The lowest BCUT2D eigenvalue weighted by Crippen LogP contribution is -2.45. The molecule has 21 heavy (non-hydrogen) atoms. The van der Waals surface area contributed by atoms with Crippen molar-refractivity contribution in [1.29, 1.82) is 0 Å². The molecule has 2 rings (SSSR count). The Kier molecular flexibility index (Phi) is 5.79. The SMILES string of the molecule is Cc1ccc(C(=O)NN2CCCCC2)c(C#CCCO)c1. The molecule has 0 saturated carbocycles. The monoisotopic (exact) mass is 286 g/mol. The lowest BCUT2D eigenvalue weighted by atomic mass is 10.0. The fourth-order valence-electron chi connectivity index (χ4n) is 2.38. The Morgan fingerprint density at radius 1 is 1.33 bits per heavy atom. The van der Waals surface area contributed by atoms with Crippen LogP contribution in [0.5, 0.6) is 0 Å². The average molecular weight is 286 g/mol. The lowest BCUT2D eigenvalue weighted by Gasteiger charge is -2.27. The smallest absolute Gasteiger partial charge is 0.266 e. The molecular weight excluding hydrogens is 264 g/mol. The van der Waals surface area contributed by atoms with Gasteiger partial charge in [-0.15, -0.1) is 0 Å². The number of amides is 1. The zero-order valence-corrected chi connectivity index (χ0v) is 12.5. The Morgan fingerprint density at radius 2 is 2.10 bits per heavy atom. The van der Waals surface area contributed by atoms with E-state index in [2.05, 4.69) is 17.3 Å². The van der Waals surface area contributed by atoms with Gasteiger partial charge < -0.3 is 5.11 Å². The highest BCUT2D eigenvalue weighted by molar-refractivity contribution is 5.96. The molecule has 112 valence electrons. The Bertz CT molecular complexity index is 552. The quantitative estimate of drug-likeness (QED) is 0.834. The number of aryl methyl sites for hydroxylation is 1. The number of carbonyl (C=O) groups excluding carboxylic acids is 1. The molecule has 0 atom stereocenters. The molecule has 1 aromatic rings. The molecule has 4 nitrogen and oxygen atoms in total. The van der Waals surface area contributed by atoms with E-state index in [-0.39, 0.29) is 12.5 Å². The summed E-state index contributed by atoms with van der Waals surface area (Å²) in [7, 11) is 0. The van der Waals surface area contributed by atoms with Gasteiger partial charge in [0.05, 0.1) is 12.2 Å². The van der Waals surface area contributed by atoms with Crippen molar-refractivity contribution < 1.29 is 9.90 Å². The van der Waals surface area contributed by atoms with E-state index < -0.39 is 0 Å². The number of rotatable bonds is 3. The summed E-state index contributed by atoms with van der Waals surface area (Å²) in [4.78, 5) is 12.4. The molecule has 1 aliphatic rings. The molecule has 4 heteroatoms. The molecule has 0 radical (unpaired) electrons. The maximum Gasteiger partial charge on any atom is 0.266 e. The summed E-state index contributed by atoms with van der Waals surface area (Å²) in [6.07, 6.45) is 3.89. The van der Waals surface area contributed by atoms with E-state index in [1.165, 1.54) is 6.42 Å². The third-order valence-electron chi connectivity index (χ3n) is 3.50. The fourth-order valence-corrected chi connectivity index (χ4v) is 2.38. The summed E-state index contributed by atoms with van der Waals surface area (Å²) in [5, 5.41) is 10.8. The van der Waals surface area contributed by atoms with Crippen LogP contribution < -0.4 is 5.43 Å². The molecule has 1 heterocycles. The van der Waals surface area contributed by atoms with Crippen LogP contribution in [0.25, 0.3) is 0 Å². The summed E-state index contributed by atoms with van der Waals surface area (Å²) >= 11 is 0. The molecule has 0 aliphatic carbocycles. The van der Waals surface area contributed by atoms with E-state index in [9.17, 15) is 4.79 Å². The van der Waals surface area contributed by atoms with Gasteiger partial charge in [-0.05, 0) is 37.5 Å². The molecule has 1 aliphatic heterocycles. The second-order valence-electron chi connectivity index (χ2n) is 5.31. The van der Waals surface area contributed by atoms with E-state index in [0.717, 1.165) is 37.1 Å². The molecular formula is C17H22N2O2. The molecule has 0 aromatic heterocycles. The maximum atomic E-state index is 12.4. The summed E-state index contributed by atoms with van der Waals surface area (Å²) in [5.41, 5.74) is 5.34. The number of piperidine rings is 1. The predicted octanol–water partition coefficient (Wildman–Crippen LogP) is 1.86. The first-order chi connectivity index (χ1) is 10.2. The summed E-state index contributed by atoms with van der Waals surface area (Å²) in [6.45, 7) is 3.82. The van der Waals surface area contributed by atoms with Gasteiger partial charge in [0.15, 0.2) is 0 Å². The number of hydrogen-bond donors (Lipinski definition) is 2. The van der Waals surface area contributed by atoms with Gasteiger partial charge in [0, 0.05) is 25.1 Å². The summed E-state index contributed by atoms with van der Waals surface area (Å²) in [5.74, 6) is 5.76. The van der Waals surface area contributed by atoms with Gasteiger partial charge in [0.25, 0.3) is 5.91 Å². The lowest BCUT2D eigenvalue weighted by molar-refractivity contribution is 0.0750. The molecule has 1 saturated heterocycles. The molecule has 0 spiro atoms. The van der Waals surface area contributed by atoms with Gasteiger partial charge in [0.1, 0.15) is 0 Å². The van der Waals surface area contributed by atoms with Gasteiger partial charge >= 0.3 is 0 Å². The van der Waals surface area contributed by atoms with Crippen molar-refractivity contribution in [3.8, 4) is 11.8 Å². The van der Waals surface area contributed by atoms with Crippen molar-refractivity contribution in [1.82, 2.24) is 10.4 Å². The first kappa shape index (κ1) is 15.6. The second-order valence-corrected chi connectivity index (χ2v) is 5.31. The fraction of sp³-hybridized carbons (Fsp3) is 0.471. The van der Waals surface area contributed by atoms with Gasteiger partial charge in [-0.3, -0.25) is 10.2 Å². The first-order valence-electron chi connectivity index (χ1n) is 7.47. The highest BCUT2D eigenvalue weighted by atomic mass is 16.2. The normalized spacial score (nSPS) is 15.1. The Morgan fingerprint density at radius 3 is 2.81 bits per heavy atom. The number of hydrazine groups is 1. The Hall–Kier alpha value is -1.83. The first-order valence-corrected chi connectivity index (χ1v) is 7.47. The van der Waals surface area contributed by atoms with Crippen LogP contribution in [-0.2, 0) is 0 Å². The van der Waals surface area contributed by atoms with Crippen LogP contribution in [0, 0.1) is 18.8 Å². The predicted molar refractivity (Wildman–Crippen MR) is 82.7 cm³/mol. The van der Waals surface area contributed by atoms with E-state index in [1.54, 1.807) is 0 Å². The van der Waals surface area contributed by atoms with Crippen LogP contribution in [0.4, 0.5) is 0 Å². The van der Waals surface area contributed by atoms with Gasteiger partial charge in [-0.1, -0.05) is 24.3 Å². The number of aliphatic hydroxyl groups is 1. The van der Waals surface area contributed by atoms with Crippen LogP contribution in [0.2, 0.25) is 0 Å². The van der Waals surface area contributed by atoms with Crippen molar-refractivity contribution in [3.63, 3.8) is 0 Å². The van der Waals surface area contributed by atoms with Crippen molar-refractivity contribution >= 4 is 5.91 Å². The topological polar surface area (TPSA) is 52.6 Å². The van der Waals surface area contributed by atoms with Crippen molar-refractivity contribution in [2.45, 2.75) is 32.6 Å². The van der Waals surface area contributed by atoms with Crippen LogP contribution in [0.1, 0.15) is 47.2 Å². The molecule has 0 unspecified atom stereocenters. The summed E-state index contributed by atoms with van der Waals surface area (Å²) < 4.78 is 0. The molecule has 1 aromatic carbocycles. The van der Waals surface area contributed by atoms with E-state index in [1.807, 2.05) is 30.1 Å². The van der Waals surface area contributed by atoms with Gasteiger partial charge in [0.2, 0.25) is 0 Å². The minimum atomic E-state index is -0.106. The van der Waals surface area contributed by atoms with Crippen LogP contribution in [0.3, 0.4) is 0 Å². The van der Waals surface area contributed by atoms with E-state index in [0.29, 0.717) is 12.0 Å². The second kappa shape index (κ2) is 7.82. The molecule has 1 amide bonds. The highest BCUT2D eigenvalue weighted by Crippen LogP contribution is 2.12. The minimum Gasteiger partial charge on any atom is -0.395 e. The standard InChI is InChI=1S/C17H22N2O2/c1-14-8-9-16(15(13-14)7-3-6-12-20)17(21)18-19-10-4-2-5-11-19/h8-9,13,20H,2,4-6,10-12H2,1H3,(H,18,21). The molecule has 2 N–H and O–H groups in total. The third kappa shape index (κ3) is 4.59. The van der Waals surface area contributed by atoms with Gasteiger partial charge in [-0.25, -0.2) is 5.01 Å². The van der Waals surface area contributed by atoms with E-state index in [4.69, 9.17) is 5.11 Å². The van der Waals surface area contributed by atoms with E-state index >= 15 is 0 Å². The zero-order chi connectivity index (χ0) is 15.1. The summed E-state index contributed by atoms with van der Waals surface area (Å²) in [6, 6.07) is 5.65. The Labute approximate surface area is 126 Å². The van der Waals surface area contributed by atoms with Crippen molar-refractivity contribution in [2.24, 2.45) is 0 Å². The number of nitrogens with zero attached hydrogens (tertiary/aromatic N) is 1. The average Bonchev–Trinajstić information content (AvgIpc) is 2.48. The number of nitrogens with one attached hydrogen (secondary N) is 1. The number of hydrogen-bond acceptors (Lipinski definition) is 3. The van der Waals surface area contributed by atoms with Crippen LogP contribution >= 0.6 is 0 Å². The van der Waals surface area contributed by atoms with Crippen molar-refractivity contribution in [3.05, 3.63) is 34.9 Å². The van der Waals surface area contributed by atoms with Crippen LogP contribution in [-0.4, -0.2) is 35.7 Å². The van der Waals surface area contributed by atoms with Crippen LogP contribution in [0.15, 0.2) is 18.2 Å². The number of carbonyl (C=O) groups is 1. The van der Waals surface area contributed by atoms with Gasteiger partial charge in [-0.2, -0.15) is 0 Å². The molecule has 0 bridgehead atoms. The maximum absolute atomic E-state index is 12.4. The zero-order valence-electron chi connectivity index (χ0n) is 12.5.